The number of aliphatic hydroxyl groups is 4. The molecular weight excluding hydrogens is 635 g/mol. The third kappa shape index (κ3) is 5.15. The van der Waals surface area contributed by atoms with Gasteiger partial charge in [0.1, 0.15) is 6.10 Å². The van der Waals surface area contributed by atoms with Gasteiger partial charge >= 0.3 is 11.9 Å². The molecule has 6 rings (SSSR count). The molecule has 5 aliphatic rings. The standard InChI is InChI=1S/C35H41B5O8S/c1-3-17(2)29(45)48-28-27(47-30(46)18-7-5-4-6-8-18)31(16-41)21(15-34(28,39)49)19-9-10-23-32(37)13-12-22(42)24(36)20(32)11-14-33(23,38)35(19,40)26(44)25(31)43/h3-9,20-28,41-44,49H,10-16H2,1-2H3/b17-3-/t20?,21?,22-,23?,24+,25+,26-,27-,28-,31-,32+,33-,34+,35+/m0/s1. The topological polar surface area (TPSA) is 134 Å². The Morgan fingerprint density at radius 1 is 1.00 bits per heavy atom. The first-order chi connectivity index (χ1) is 23.0. The summed E-state index contributed by atoms with van der Waals surface area (Å²) >= 11 is 4.80. The maximum Gasteiger partial charge on any atom is 0.338 e. The van der Waals surface area contributed by atoms with Gasteiger partial charge in [0.25, 0.3) is 0 Å². The molecule has 3 unspecified atom stereocenters. The molecule has 5 aliphatic carbocycles. The van der Waals surface area contributed by atoms with Crippen LogP contribution in [0.25, 0.3) is 0 Å². The molecule has 0 heterocycles. The normalized spacial score (nSPS) is 47.7. The number of aliphatic hydroxyl groups excluding tert-OH is 4. The average molecular weight is 676 g/mol. The van der Waals surface area contributed by atoms with E-state index in [-0.39, 0.29) is 29.9 Å². The van der Waals surface area contributed by atoms with Gasteiger partial charge in [0, 0.05) is 16.3 Å². The smallest absolute Gasteiger partial charge is 0.338 e. The van der Waals surface area contributed by atoms with Gasteiger partial charge in [-0.05, 0) is 74.1 Å². The molecule has 4 fully saturated rings. The molecule has 0 spiro atoms. The molecule has 4 N–H and O–H groups in total. The monoisotopic (exact) mass is 676 g/mol. The molecule has 8 nitrogen and oxygen atoms in total. The minimum absolute atomic E-state index is 0.105. The Bertz CT molecular complexity index is 1540. The number of hydrogen-bond acceptors (Lipinski definition) is 9. The SMILES string of the molecule is [B][C@@H]1C2CC[C@]3([B])C(CC=C4C5C[C@@]([B])(S)[C@@H](OC(=O)/C(C)=C\C)[C@H](OC(=O)c6ccccc6)[C@]5(CO)[C@H](O)[C@H](O)[C@]43[B])[C@@]2([B])CC[C@@H]1O. The van der Waals surface area contributed by atoms with Crippen LogP contribution in [0.4, 0.5) is 0 Å². The van der Waals surface area contributed by atoms with E-state index in [0.29, 0.717) is 31.3 Å². The molecule has 0 aliphatic heterocycles. The van der Waals surface area contributed by atoms with E-state index in [9.17, 15) is 30.0 Å². The van der Waals surface area contributed by atoms with Crippen LogP contribution in [0.15, 0.2) is 53.6 Å². The first-order valence-electron chi connectivity index (χ1n) is 17.0. The molecule has 250 valence electrons. The summed E-state index contributed by atoms with van der Waals surface area (Å²) in [6.07, 6.45) is -2.28. The van der Waals surface area contributed by atoms with Crippen LogP contribution in [-0.4, -0.2) is 113 Å². The molecule has 10 radical (unpaired) electrons. The molecule has 0 saturated heterocycles. The van der Waals surface area contributed by atoms with Gasteiger partial charge in [0.05, 0.1) is 69.0 Å². The van der Waals surface area contributed by atoms with Crippen molar-refractivity contribution in [3.8, 4) is 0 Å². The van der Waals surface area contributed by atoms with Gasteiger partial charge in [0.15, 0.2) is 6.10 Å². The van der Waals surface area contributed by atoms with E-state index < -0.39 is 92.7 Å². The van der Waals surface area contributed by atoms with Crippen LogP contribution in [0.1, 0.15) is 62.7 Å². The Morgan fingerprint density at radius 2 is 1.67 bits per heavy atom. The quantitative estimate of drug-likeness (QED) is 0.105. The summed E-state index contributed by atoms with van der Waals surface area (Å²) < 4.78 is 10.4. The number of rotatable bonds is 5. The van der Waals surface area contributed by atoms with Gasteiger partial charge in [-0.1, -0.05) is 65.8 Å². The maximum atomic E-state index is 13.7. The van der Waals surface area contributed by atoms with Crippen molar-refractivity contribution in [2.75, 3.05) is 6.61 Å². The Hall–Kier alpha value is -1.85. The van der Waals surface area contributed by atoms with Gasteiger partial charge in [-0.25, -0.2) is 9.59 Å². The third-order valence-electron chi connectivity index (χ3n) is 13.1. The number of hydrogen-bond donors (Lipinski definition) is 5. The Balaban J connectivity index is 1.50. The number of fused-ring (bicyclic) bond motifs is 7. The largest absolute Gasteiger partial charge is 0.454 e. The summed E-state index contributed by atoms with van der Waals surface area (Å²) in [5.41, 5.74) is -1.03. The van der Waals surface area contributed by atoms with Crippen LogP contribution in [0.2, 0.25) is 21.8 Å². The van der Waals surface area contributed by atoms with Crippen molar-refractivity contribution in [2.45, 2.75) is 109 Å². The molecule has 49 heavy (non-hydrogen) atoms. The summed E-state index contributed by atoms with van der Waals surface area (Å²) in [6, 6.07) is 8.08. The van der Waals surface area contributed by atoms with E-state index in [1.807, 2.05) is 6.08 Å². The zero-order valence-electron chi connectivity index (χ0n) is 27.9. The van der Waals surface area contributed by atoms with Crippen molar-refractivity contribution in [3.63, 3.8) is 0 Å². The van der Waals surface area contributed by atoms with Crippen LogP contribution in [0.5, 0.6) is 0 Å². The molecule has 4 saturated carbocycles. The van der Waals surface area contributed by atoms with Gasteiger partial charge < -0.3 is 29.9 Å². The van der Waals surface area contributed by atoms with Gasteiger partial charge in [-0.15, -0.1) is 0 Å². The Morgan fingerprint density at radius 3 is 2.31 bits per heavy atom. The summed E-state index contributed by atoms with van der Waals surface area (Å²) in [5, 5.41) is 42.6. The van der Waals surface area contributed by atoms with E-state index in [0.717, 1.165) is 0 Å². The lowest BCUT2D eigenvalue weighted by molar-refractivity contribution is -0.236. The fraction of sp³-hybridized carbons (Fsp3) is 0.657. The molecule has 1 aromatic rings. The molecule has 0 amide bonds. The molecule has 1 aromatic carbocycles. The minimum Gasteiger partial charge on any atom is -0.454 e. The van der Waals surface area contributed by atoms with Gasteiger partial charge in [-0.3, -0.25) is 0 Å². The highest BCUT2D eigenvalue weighted by Gasteiger charge is 2.75. The Labute approximate surface area is 300 Å². The molecule has 14 atom stereocenters. The first kappa shape index (κ1) is 36.9. The van der Waals surface area contributed by atoms with E-state index in [4.69, 9.17) is 61.3 Å². The lowest BCUT2D eigenvalue weighted by Crippen LogP contribution is -2.75. The second-order valence-electron chi connectivity index (χ2n) is 15.2. The number of esters is 2. The highest BCUT2D eigenvalue weighted by atomic mass is 32.1. The number of ether oxygens (including phenoxy) is 2. The predicted molar refractivity (Wildman–Crippen MR) is 191 cm³/mol. The number of carbonyl (C=O) groups is 2. The maximum absolute atomic E-state index is 13.7. The van der Waals surface area contributed by atoms with E-state index in [1.165, 1.54) is 12.1 Å². The van der Waals surface area contributed by atoms with Crippen LogP contribution >= 0.6 is 12.6 Å². The second-order valence-corrected chi connectivity index (χ2v) is 16.0. The van der Waals surface area contributed by atoms with Gasteiger partial charge in [0.2, 0.25) is 0 Å². The predicted octanol–water partition coefficient (Wildman–Crippen LogP) is 2.07. The first-order valence-corrected chi connectivity index (χ1v) is 17.5. The second kappa shape index (κ2) is 12.7. The van der Waals surface area contributed by atoms with Crippen molar-refractivity contribution >= 4 is 63.8 Å². The Kier molecular flexibility index (Phi) is 9.56. The molecule has 0 bridgehead atoms. The minimum atomic E-state index is -1.86. The van der Waals surface area contributed by atoms with Gasteiger partial charge in [-0.2, -0.15) is 12.6 Å². The van der Waals surface area contributed by atoms with Crippen LogP contribution < -0.4 is 0 Å². The lowest BCUT2D eigenvalue weighted by atomic mass is 9.22. The number of allylic oxidation sites excluding steroid dienone is 2. The van der Waals surface area contributed by atoms with E-state index >= 15 is 0 Å². The van der Waals surface area contributed by atoms with Crippen molar-refractivity contribution in [1.82, 2.24) is 0 Å². The number of carbonyl (C=O) groups excluding carboxylic acids is 2. The lowest BCUT2D eigenvalue weighted by Gasteiger charge is -2.73. The van der Waals surface area contributed by atoms with Crippen LogP contribution in [-0.2, 0) is 14.3 Å². The number of thiol groups is 1. The van der Waals surface area contributed by atoms with Crippen molar-refractivity contribution in [2.24, 2.45) is 23.2 Å². The zero-order valence-corrected chi connectivity index (χ0v) is 28.8. The summed E-state index contributed by atoms with van der Waals surface area (Å²) in [6.45, 7) is 2.39. The number of benzene rings is 1. The summed E-state index contributed by atoms with van der Waals surface area (Å²) in [7, 11) is 35.3. The zero-order chi connectivity index (χ0) is 35.9. The molecular formula is C35H41B5O8S. The van der Waals surface area contributed by atoms with E-state index in [2.05, 4.69) is 0 Å². The van der Waals surface area contributed by atoms with Crippen molar-refractivity contribution < 1.29 is 39.5 Å². The molecule has 14 heteroatoms. The third-order valence-corrected chi connectivity index (χ3v) is 13.5. The van der Waals surface area contributed by atoms with Crippen LogP contribution in [0.3, 0.4) is 0 Å². The fourth-order valence-corrected chi connectivity index (χ4v) is 10.6. The fourth-order valence-electron chi connectivity index (χ4n) is 10.2. The summed E-state index contributed by atoms with van der Waals surface area (Å²) in [5.74, 6) is -3.83. The van der Waals surface area contributed by atoms with E-state index in [1.54, 1.807) is 38.1 Å². The van der Waals surface area contributed by atoms with Crippen molar-refractivity contribution in [1.29, 1.82) is 0 Å². The average Bonchev–Trinajstić information content (AvgIpc) is 3.07. The highest BCUT2D eigenvalue weighted by molar-refractivity contribution is 7.83. The summed E-state index contributed by atoms with van der Waals surface area (Å²) in [4.78, 5) is 26.9. The van der Waals surface area contributed by atoms with Crippen LogP contribution in [0, 0.1) is 23.2 Å². The van der Waals surface area contributed by atoms with Crippen molar-refractivity contribution in [3.05, 3.63) is 59.2 Å². The molecule has 0 aromatic heterocycles. The highest BCUT2D eigenvalue weighted by Crippen LogP contribution is 2.80.